The largest absolute Gasteiger partial charge is 0.314 e. The molecule has 2 aliphatic heterocycles. The third-order valence-corrected chi connectivity index (χ3v) is 5.32. The van der Waals surface area contributed by atoms with Gasteiger partial charge in [-0.1, -0.05) is 0 Å². The van der Waals surface area contributed by atoms with E-state index in [1.165, 1.54) is 11.3 Å². The molecular weight excluding hydrogens is 286 g/mol. The van der Waals surface area contributed by atoms with Crippen molar-refractivity contribution in [2.75, 3.05) is 39.3 Å². The zero-order valence-corrected chi connectivity index (χ0v) is 12.7. The van der Waals surface area contributed by atoms with Crippen LogP contribution in [0.5, 0.6) is 0 Å². The molecule has 2 aromatic heterocycles. The van der Waals surface area contributed by atoms with Crippen LogP contribution in [0.25, 0.3) is 10.2 Å². The molecule has 0 saturated carbocycles. The van der Waals surface area contributed by atoms with Crippen LogP contribution >= 0.6 is 11.3 Å². The summed E-state index contributed by atoms with van der Waals surface area (Å²) in [6.07, 6.45) is 0. The number of rotatable bonds is 3. The number of fused-ring (bicyclic) bond motifs is 1. The van der Waals surface area contributed by atoms with Gasteiger partial charge in [0.15, 0.2) is 0 Å². The van der Waals surface area contributed by atoms with Crippen LogP contribution in [0.4, 0.5) is 0 Å². The summed E-state index contributed by atoms with van der Waals surface area (Å²) >= 11 is 1.45. The zero-order chi connectivity index (χ0) is 14.2. The summed E-state index contributed by atoms with van der Waals surface area (Å²) in [4.78, 5) is 24.4. The molecule has 2 N–H and O–H groups in total. The molecule has 21 heavy (non-hydrogen) atoms. The Balaban J connectivity index is 1.42. The Morgan fingerprint density at radius 3 is 2.81 bits per heavy atom. The highest BCUT2D eigenvalue weighted by atomic mass is 32.1. The third kappa shape index (κ3) is 2.62. The van der Waals surface area contributed by atoms with E-state index in [1.807, 2.05) is 11.4 Å². The lowest BCUT2D eigenvalue weighted by Crippen LogP contribution is -2.61. The number of H-pyrrole nitrogens is 1. The first-order valence-corrected chi connectivity index (χ1v) is 8.31. The Morgan fingerprint density at radius 2 is 2.10 bits per heavy atom. The maximum Gasteiger partial charge on any atom is 0.268 e. The van der Waals surface area contributed by atoms with Crippen LogP contribution in [0.15, 0.2) is 16.2 Å². The molecule has 0 unspecified atom stereocenters. The highest BCUT2D eigenvalue weighted by Gasteiger charge is 2.27. The number of piperazine rings is 1. The minimum atomic E-state index is -0.0100. The van der Waals surface area contributed by atoms with Crippen molar-refractivity contribution in [3.63, 3.8) is 0 Å². The lowest BCUT2D eigenvalue weighted by Gasteiger charge is -2.43. The molecule has 2 aromatic rings. The molecule has 4 heterocycles. The van der Waals surface area contributed by atoms with Crippen LogP contribution in [-0.2, 0) is 6.54 Å². The van der Waals surface area contributed by atoms with Gasteiger partial charge in [0.1, 0.15) is 10.5 Å². The highest BCUT2D eigenvalue weighted by Crippen LogP contribution is 2.15. The van der Waals surface area contributed by atoms with Gasteiger partial charge >= 0.3 is 0 Å². The SMILES string of the molecule is O=c1[nH]c(CN2CCN(C3CNC3)CC2)nc2ccsc12. The van der Waals surface area contributed by atoms with Gasteiger partial charge in [-0.3, -0.25) is 14.6 Å². The summed E-state index contributed by atoms with van der Waals surface area (Å²) in [6.45, 7) is 7.30. The van der Waals surface area contributed by atoms with Gasteiger partial charge in [-0.25, -0.2) is 4.98 Å². The van der Waals surface area contributed by atoms with E-state index in [9.17, 15) is 4.79 Å². The minimum absolute atomic E-state index is 0.0100. The highest BCUT2D eigenvalue weighted by molar-refractivity contribution is 7.17. The van der Waals surface area contributed by atoms with Gasteiger partial charge in [0.25, 0.3) is 5.56 Å². The van der Waals surface area contributed by atoms with Crippen molar-refractivity contribution in [2.45, 2.75) is 12.6 Å². The van der Waals surface area contributed by atoms with Gasteiger partial charge in [0.05, 0.1) is 12.1 Å². The summed E-state index contributed by atoms with van der Waals surface area (Å²) in [5, 5.41) is 5.25. The smallest absolute Gasteiger partial charge is 0.268 e. The molecule has 7 heteroatoms. The van der Waals surface area contributed by atoms with Gasteiger partial charge in [-0.15, -0.1) is 11.3 Å². The van der Waals surface area contributed by atoms with E-state index in [-0.39, 0.29) is 5.56 Å². The molecule has 2 aliphatic rings. The Bertz CT molecular complexity index is 684. The van der Waals surface area contributed by atoms with E-state index in [2.05, 4.69) is 25.1 Å². The van der Waals surface area contributed by atoms with Gasteiger partial charge < -0.3 is 10.3 Å². The van der Waals surface area contributed by atoms with Crippen molar-refractivity contribution in [3.05, 3.63) is 27.6 Å². The van der Waals surface area contributed by atoms with Crippen molar-refractivity contribution >= 4 is 21.6 Å². The lowest BCUT2D eigenvalue weighted by atomic mass is 10.1. The normalized spacial score (nSPS) is 21.7. The van der Waals surface area contributed by atoms with Gasteiger partial charge in [-0.05, 0) is 11.4 Å². The topological polar surface area (TPSA) is 64.3 Å². The molecule has 0 amide bonds. The average Bonchev–Trinajstić information content (AvgIpc) is 2.88. The van der Waals surface area contributed by atoms with Crippen LogP contribution in [0.3, 0.4) is 0 Å². The van der Waals surface area contributed by atoms with Gasteiger partial charge in [0, 0.05) is 45.3 Å². The standard InChI is InChI=1S/C14H19N5OS/c20-14-13-11(1-6-21-13)16-12(17-14)9-18-2-4-19(5-3-18)10-7-15-8-10/h1,6,10,15H,2-5,7-9H2,(H,16,17,20). The molecule has 0 radical (unpaired) electrons. The summed E-state index contributed by atoms with van der Waals surface area (Å²) in [5.41, 5.74) is 0.808. The average molecular weight is 305 g/mol. The van der Waals surface area contributed by atoms with Gasteiger partial charge in [0.2, 0.25) is 0 Å². The van der Waals surface area contributed by atoms with Crippen LogP contribution in [0, 0.1) is 0 Å². The molecule has 0 bridgehead atoms. The Kier molecular flexibility index (Phi) is 3.50. The predicted molar refractivity (Wildman–Crippen MR) is 83.7 cm³/mol. The van der Waals surface area contributed by atoms with Crippen molar-refractivity contribution < 1.29 is 0 Å². The zero-order valence-electron chi connectivity index (χ0n) is 11.8. The number of hydrogen-bond acceptors (Lipinski definition) is 6. The van der Waals surface area contributed by atoms with Crippen molar-refractivity contribution in [3.8, 4) is 0 Å². The number of thiophene rings is 1. The third-order valence-electron chi connectivity index (χ3n) is 4.42. The Morgan fingerprint density at radius 1 is 1.29 bits per heavy atom. The number of nitrogens with zero attached hydrogens (tertiary/aromatic N) is 3. The monoisotopic (exact) mass is 305 g/mol. The van der Waals surface area contributed by atoms with Gasteiger partial charge in [-0.2, -0.15) is 0 Å². The molecule has 2 fully saturated rings. The van der Waals surface area contributed by atoms with Crippen molar-refractivity contribution in [2.24, 2.45) is 0 Å². The lowest BCUT2D eigenvalue weighted by molar-refractivity contribution is 0.0684. The molecule has 4 rings (SSSR count). The van der Waals surface area contributed by atoms with Crippen molar-refractivity contribution in [1.82, 2.24) is 25.1 Å². The fourth-order valence-electron chi connectivity index (χ4n) is 3.03. The second kappa shape index (κ2) is 5.49. The first-order valence-electron chi connectivity index (χ1n) is 7.43. The summed E-state index contributed by atoms with van der Waals surface area (Å²) in [7, 11) is 0. The van der Waals surface area contributed by atoms with E-state index in [0.717, 1.165) is 67.9 Å². The number of nitrogens with one attached hydrogen (secondary N) is 2. The molecular formula is C14H19N5OS. The predicted octanol–water partition coefficient (Wildman–Crippen LogP) is 0.0740. The fraction of sp³-hybridized carbons (Fsp3) is 0.571. The molecule has 0 atom stereocenters. The minimum Gasteiger partial charge on any atom is -0.314 e. The molecule has 0 aliphatic carbocycles. The van der Waals surface area contributed by atoms with Crippen LogP contribution < -0.4 is 10.9 Å². The van der Waals surface area contributed by atoms with Crippen LogP contribution in [0.1, 0.15) is 5.82 Å². The molecule has 2 saturated heterocycles. The number of aromatic amines is 1. The fourth-order valence-corrected chi connectivity index (χ4v) is 3.75. The second-order valence-corrected chi connectivity index (χ2v) is 6.69. The first-order chi connectivity index (χ1) is 10.3. The van der Waals surface area contributed by atoms with Crippen LogP contribution in [-0.4, -0.2) is 65.1 Å². The van der Waals surface area contributed by atoms with Crippen molar-refractivity contribution in [1.29, 1.82) is 0 Å². The maximum atomic E-state index is 12.0. The molecule has 112 valence electrons. The first kappa shape index (κ1) is 13.4. The van der Waals surface area contributed by atoms with E-state index < -0.39 is 0 Å². The molecule has 0 spiro atoms. The quantitative estimate of drug-likeness (QED) is 0.840. The van der Waals surface area contributed by atoms with Crippen LogP contribution in [0.2, 0.25) is 0 Å². The van der Waals surface area contributed by atoms with E-state index in [0.29, 0.717) is 0 Å². The molecule has 0 aromatic carbocycles. The summed E-state index contributed by atoms with van der Waals surface area (Å²) in [6, 6.07) is 2.65. The van der Waals surface area contributed by atoms with E-state index in [4.69, 9.17) is 0 Å². The Hall–Kier alpha value is -1.28. The number of aromatic nitrogens is 2. The molecule has 6 nitrogen and oxygen atoms in total. The second-order valence-electron chi connectivity index (χ2n) is 5.77. The summed E-state index contributed by atoms with van der Waals surface area (Å²) < 4.78 is 0.723. The summed E-state index contributed by atoms with van der Waals surface area (Å²) in [5.74, 6) is 0.782. The van der Waals surface area contributed by atoms with E-state index in [1.54, 1.807) is 0 Å². The van der Waals surface area contributed by atoms with E-state index >= 15 is 0 Å². The number of hydrogen-bond donors (Lipinski definition) is 2. The maximum absolute atomic E-state index is 12.0. The Labute approximate surface area is 126 Å².